The van der Waals surface area contributed by atoms with Gasteiger partial charge in [-0.2, -0.15) is 0 Å². The third-order valence-corrected chi connectivity index (χ3v) is 3.44. The molecule has 1 unspecified atom stereocenters. The Labute approximate surface area is 111 Å². The monoisotopic (exact) mass is 267 g/mol. The van der Waals surface area contributed by atoms with Crippen LogP contribution < -0.4 is 17.0 Å². The molecule has 0 aliphatic carbocycles. The molecular formula is C13H21N3O3. The van der Waals surface area contributed by atoms with Gasteiger partial charge in [0.1, 0.15) is 0 Å². The van der Waals surface area contributed by atoms with Gasteiger partial charge in [0.25, 0.3) is 5.56 Å². The highest BCUT2D eigenvalue weighted by Gasteiger charge is 2.15. The van der Waals surface area contributed by atoms with Gasteiger partial charge in [-0.3, -0.25) is 9.36 Å². The maximum Gasteiger partial charge on any atom is 0.330 e. The fraction of sp³-hybridized carbons (Fsp3) is 0.692. The average molecular weight is 267 g/mol. The lowest BCUT2D eigenvalue weighted by Crippen LogP contribution is -2.39. The normalized spacial score (nSPS) is 18.9. The molecule has 1 aromatic heterocycles. The van der Waals surface area contributed by atoms with Crippen molar-refractivity contribution in [3.05, 3.63) is 33.1 Å². The van der Waals surface area contributed by atoms with E-state index in [0.717, 1.165) is 25.9 Å². The van der Waals surface area contributed by atoms with Crippen molar-refractivity contribution in [1.82, 2.24) is 9.13 Å². The number of hydrogen-bond donors (Lipinski definition) is 1. The van der Waals surface area contributed by atoms with Crippen molar-refractivity contribution in [3.8, 4) is 0 Å². The van der Waals surface area contributed by atoms with Gasteiger partial charge < -0.3 is 15.0 Å². The Morgan fingerprint density at radius 1 is 1.37 bits per heavy atom. The predicted octanol–water partition coefficient (Wildman–Crippen LogP) is -0.0721. The predicted molar refractivity (Wildman–Crippen MR) is 72.2 cm³/mol. The maximum absolute atomic E-state index is 12.1. The van der Waals surface area contributed by atoms with E-state index in [2.05, 4.69) is 0 Å². The minimum atomic E-state index is -0.258. The first-order chi connectivity index (χ1) is 9.22. The number of aryl methyl sites for hydroxylation is 1. The van der Waals surface area contributed by atoms with Crippen molar-refractivity contribution in [2.75, 3.05) is 13.2 Å². The molecule has 2 heterocycles. The van der Waals surface area contributed by atoms with Gasteiger partial charge in [-0.15, -0.1) is 0 Å². The van der Waals surface area contributed by atoms with Crippen LogP contribution in [-0.2, 0) is 17.8 Å². The van der Waals surface area contributed by atoms with Gasteiger partial charge in [-0.25, -0.2) is 4.79 Å². The number of nitrogens with zero attached hydrogens (tertiary/aromatic N) is 2. The SMILES string of the molecule is NCCCn1c(=O)ccn(CCC2CCCO2)c1=O. The van der Waals surface area contributed by atoms with Crippen LogP contribution in [0.1, 0.15) is 25.7 Å². The van der Waals surface area contributed by atoms with Crippen molar-refractivity contribution in [2.24, 2.45) is 5.73 Å². The summed E-state index contributed by atoms with van der Waals surface area (Å²) in [6.45, 7) is 2.26. The minimum Gasteiger partial charge on any atom is -0.378 e. The van der Waals surface area contributed by atoms with E-state index in [1.54, 1.807) is 10.8 Å². The van der Waals surface area contributed by atoms with E-state index in [9.17, 15) is 9.59 Å². The van der Waals surface area contributed by atoms with Crippen LogP contribution in [0.25, 0.3) is 0 Å². The fourth-order valence-electron chi connectivity index (χ4n) is 2.34. The Kier molecular flexibility index (Phi) is 4.93. The van der Waals surface area contributed by atoms with Crippen molar-refractivity contribution in [2.45, 2.75) is 44.9 Å². The Morgan fingerprint density at radius 2 is 2.21 bits per heavy atom. The Morgan fingerprint density at radius 3 is 2.89 bits per heavy atom. The van der Waals surface area contributed by atoms with Gasteiger partial charge in [0, 0.05) is 32.0 Å². The summed E-state index contributed by atoms with van der Waals surface area (Å²) in [7, 11) is 0. The van der Waals surface area contributed by atoms with Gasteiger partial charge in [-0.05, 0) is 32.2 Å². The van der Waals surface area contributed by atoms with Crippen molar-refractivity contribution in [1.29, 1.82) is 0 Å². The smallest absolute Gasteiger partial charge is 0.330 e. The van der Waals surface area contributed by atoms with Gasteiger partial charge in [0.05, 0.1) is 6.10 Å². The van der Waals surface area contributed by atoms with Gasteiger partial charge in [0.2, 0.25) is 0 Å². The molecule has 0 saturated carbocycles. The summed E-state index contributed by atoms with van der Waals surface area (Å²) < 4.78 is 8.37. The van der Waals surface area contributed by atoms with E-state index in [1.807, 2.05) is 0 Å². The van der Waals surface area contributed by atoms with Gasteiger partial charge >= 0.3 is 5.69 Å². The number of rotatable bonds is 6. The zero-order valence-electron chi connectivity index (χ0n) is 11.1. The molecule has 106 valence electrons. The molecule has 1 atom stereocenters. The molecule has 0 amide bonds. The third kappa shape index (κ3) is 3.54. The summed E-state index contributed by atoms with van der Waals surface area (Å²) in [4.78, 5) is 23.8. The van der Waals surface area contributed by atoms with Crippen LogP contribution in [0.4, 0.5) is 0 Å². The van der Waals surface area contributed by atoms with E-state index in [-0.39, 0.29) is 17.4 Å². The van der Waals surface area contributed by atoms with Crippen LogP contribution in [0.3, 0.4) is 0 Å². The van der Waals surface area contributed by atoms with E-state index in [1.165, 1.54) is 10.6 Å². The van der Waals surface area contributed by atoms with Crippen LogP contribution in [0.2, 0.25) is 0 Å². The number of nitrogens with two attached hydrogens (primary N) is 1. The lowest BCUT2D eigenvalue weighted by molar-refractivity contribution is 0.0998. The summed E-state index contributed by atoms with van der Waals surface area (Å²) in [5, 5.41) is 0. The van der Waals surface area contributed by atoms with E-state index < -0.39 is 0 Å². The Bertz CT molecular complexity index is 515. The molecule has 6 heteroatoms. The van der Waals surface area contributed by atoms with Crippen molar-refractivity contribution >= 4 is 0 Å². The molecule has 1 aliphatic heterocycles. The molecule has 1 aliphatic rings. The van der Waals surface area contributed by atoms with Crippen LogP contribution >= 0.6 is 0 Å². The number of aromatic nitrogens is 2. The largest absolute Gasteiger partial charge is 0.378 e. The van der Waals surface area contributed by atoms with Gasteiger partial charge in [-0.1, -0.05) is 0 Å². The first-order valence-electron chi connectivity index (χ1n) is 6.84. The Balaban J connectivity index is 2.07. The summed E-state index contributed by atoms with van der Waals surface area (Å²) in [5.41, 5.74) is 4.91. The summed E-state index contributed by atoms with van der Waals surface area (Å²) in [6.07, 6.45) is 5.41. The zero-order chi connectivity index (χ0) is 13.7. The minimum absolute atomic E-state index is 0.247. The lowest BCUT2D eigenvalue weighted by atomic mass is 10.2. The summed E-state index contributed by atoms with van der Waals surface area (Å²) in [6, 6.07) is 1.44. The highest BCUT2D eigenvalue weighted by Crippen LogP contribution is 2.15. The first kappa shape index (κ1) is 14.0. The quantitative estimate of drug-likeness (QED) is 0.782. The van der Waals surface area contributed by atoms with Gasteiger partial charge in [0.15, 0.2) is 0 Å². The van der Waals surface area contributed by atoms with Crippen LogP contribution in [0, 0.1) is 0 Å². The molecular weight excluding hydrogens is 246 g/mol. The molecule has 2 N–H and O–H groups in total. The number of hydrogen-bond acceptors (Lipinski definition) is 4. The molecule has 1 saturated heterocycles. The molecule has 0 radical (unpaired) electrons. The van der Waals surface area contributed by atoms with Crippen LogP contribution in [0.5, 0.6) is 0 Å². The second-order valence-corrected chi connectivity index (χ2v) is 4.85. The second kappa shape index (κ2) is 6.68. The molecule has 0 spiro atoms. The molecule has 0 bridgehead atoms. The van der Waals surface area contributed by atoms with Crippen LogP contribution in [-0.4, -0.2) is 28.4 Å². The summed E-state index contributed by atoms with van der Waals surface area (Å²) >= 11 is 0. The first-order valence-corrected chi connectivity index (χ1v) is 6.84. The van der Waals surface area contributed by atoms with E-state index in [4.69, 9.17) is 10.5 Å². The fourth-order valence-corrected chi connectivity index (χ4v) is 2.34. The lowest BCUT2D eigenvalue weighted by Gasteiger charge is -2.12. The molecule has 0 aromatic carbocycles. The molecule has 1 fully saturated rings. The van der Waals surface area contributed by atoms with E-state index >= 15 is 0 Å². The molecule has 2 rings (SSSR count). The van der Waals surface area contributed by atoms with Crippen LogP contribution in [0.15, 0.2) is 21.9 Å². The highest BCUT2D eigenvalue weighted by molar-refractivity contribution is 4.86. The molecule has 1 aromatic rings. The standard InChI is InChI=1S/C13H21N3O3/c14-6-2-7-16-12(17)5-9-15(13(16)18)8-4-11-3-1-10-19-11/h5,9,11H,1-4,6-8,10,14H2. The Hall–Kier alpha value is -1.40. The maximum atomic E-state index is 12.1. The second-order valence-electron chi connectivity index (χ2n) is 4.85. The third-order valence-electron chi connectivity index (χ3n) is 3.44. The summed E-state index contributed by atoms with van der Waals surface area (Å²) in [5.74, 6) is 0. The molecule has 19 heavy (non-hydrogen) atoms. The molecule has 6 nitrogen and oxygen atoms in total. The zero-order valence-corrected chi connectivity index (χ0v) is 11.1. The average Bonchev–Trinajstić information content (AvgIpc) is 2.91. The van der Waals surface area contributed by atoms with E-state index in [0.29, 0.717) is 26.1 Å². The number of ether oxygens (including phenoxy) is 1. The topological polar surface area (TPSA) is 79.2 Å². The van der Waals surface area contributed by atoms with Crippen molar-refractivity contribution < 1.29 is 4.74 Å². The van der Waals surface area contributed by atoms with Crippen molar-refractivity contribution in [3.63, 3.8) is 0 Å². The highest BCUT2D eigenvalue weighted by atomic mass is 16.5.